The minimum atomic E-state index is -0.945. The molecule has 0 radical (unpaired) electrons. The van der Waals surface area contributed by atoms with Crippen LogP contribution in [-0.2, 0) is 18.3 Å². The third kappa shape index (κ3) is 2.03. The van der Waals surface area contributed by atoms with Gasteiger partial charge >= 0.3 is 0 Å². The fourth-order valence-corrected chi connectivity index (χ4v) is 6.87. The Bertz CT molecular complexity index is 1260. The number of fused-ring (bicyclic) bond motifs is 2. The molecule has 0 unspecified atom stereocenters. The summed E-state index contributed by atoms with van der Waals surface area (Å²) in [4.78, 5) is 12.0. The zero-order chi connectivity index (χ0) is 21.7. The number of nitrogens with zero attached hydrogens (tertiary/aromatic N) is 3. The fourth-order valence-electron chi connectivity index (χ4n) is 6.87. The SMILES string of the molecule is COc1ccc2c3c1O[C@H]1c4nc(-c5ccccc5)ncc4C[C@@]4(O)[C@@H](C2)N(C)CC[C@]314. The quantitative estimate of drug-likeness (QED) is 0.678. The van der Waals surface area contributed by atoms with Crippen LogP contribution in [0.15, 0.2) is 48.7 Å². The Balaban J connectivity index is 1.50. The van der Waals surface area contributed by atoms with Crippen molar-refractivity contribution in [1.82, 2.24) is 14.9 Å². The molecule has 2 aromatic carbocycles. The Morgan fingerprint density at radius 2 is 2.00 bits per heavy atom. The highest BCUT2D eigenvalue weighted by Gasteiger charge is 2.72. The average molecular weight is 428 g/mol. The molecule has 7 rings (SSSR count). The normalized spacial score (nSPS) is 31.5. The van der Waals surface area contributed by atoms with E-state index in [-0.39, 0.29) is 12.1 Å². The molecule has 2 bridgehead atoms. The van der Waals surface area contributed by atoms with Crippen LogP contribution >= 0.6 is 0 Å². The highest BCUT2D eigenvalue weighted by atomic mass is 16.5. The summed E-state index contributed by atoms with van der Waals surface area (Å²) in [5, 5.41) is 12.5. The number of aliphatic hydroxyl groups is 1. The van der Waals surface area contributed by atoms with Gasteiger partial charge in [0.1, 0.15) is 0 Å². The Hall–Kier alpha value is -2.96. The van der Waals surface area contributed by atoms with Crippen LogP contribution < -0.4 is 9.47 Å². The summed E-state index contributed by atoms with van der Waals surface area (Å²) < 4.78 is 12.4. The molecule has 162 valence electrons. The fraction of sp³-hybridized carbons (Fsp3) is 0.385. The van der Waals surface area contributed by atoms with Gasteiger partial charge in [-0.15, -0.1) is 0 Å². The number of piperidine rings is 1. The van der Waals surface area contributed by atoms with E-state index in [1.54, 1.807) is 7.11 Å². The van der Waals surface area contributed by atoms with Gasteiger partial charge in [0, 0.05) is 29.8 Å². The third-order valence-corrected chi connectivity index (χ3v) is 8.32. The summed E-state index contributed by atoms with van der Waals surface area (Å²) in [6.45, 7) is 0.912. The molecule has 1 saturated heterocycles. The van der Waals surface area contributed by atoms with Gasteiger partial charge in [0.05, 0.1) is 23.8 Å². The number of hydrogen-bond donors (Lipinski definition) is 1. The molecular weight excluding hydrogens is 402 g/mol. The molecule has 1 N–H and O–H groups in total. The summed E-state index contributed by atoms with van der Waals surface area (Å²) in [5.74, 6) is 2.20. The minimum absolute atomic E-state index is 0.0242. The number of aromatic nitrogens is 2. The van der Waals surface area contributed by atoms with Crippen molar-refractivity contribution in [2.24, 2.45) is 0 Å². The predicted molar refractivity (Wildman–Crippen MR) is 119 cm³/mol. The van der Waals surface area contributed by atoms with Crippen LogP contribution in [0.4, 0.5) is 0 Å². The Morgan fingerprint density at radius 3 is 2.81 bits per heavy atom. The van der Waals surface area contributed by atoms with Gasteiger partial charge in [-0.3, -0.25) is 0 Å². The minimum Gasteiger partial charge on any atom is -0.493 e. The van der Waals surface area contributed by atoms with E-state index in [0.29, 0.717) is 12.2 Å². The van der Waals surface area contributed by atoms with Crippen LogP contribution in [0.5, 0.6) is 11.5 Å². The van der Waals surface area contributed by atoms with Crippen molar-refractivity contribution in [3.8, 4) is 22.9 Å². The van der Waals surface area contributed by atoms with Crippen LogP contribution in [0.2, 0.25) is 0 Å². The Labute approximate surface area is 186 Å². The molecule has 2 aliphatic carbocycles. The maximum atomic E-state index is 12.5. The monoisotopic (exact) mass is 427 g/mol. The maximum absolute atomic E-state index is 12.5. The number of likely N-dealkylation sites (tertiary alicyclic amines) is 1. The molecule has 6 heteroatoms. The molecule has 1 spiro atoms. The first-order valence-corrected chi connectivity index (χ1v) is 11.3. The van der Waals surface area contributed by atoms with E-state index in [9.17, 15) is 5.11 Å². The number of methoxy groups -OCH3 is 1. The molecule has 4 atom stereocenters. The van der Waals surface area contributed by atoms with E-state index in [1.807, 2.05) is 42.6 Å². The number of hydrogen-bond acceptors (Lipinski definition) is 6. The molecule has 32 heavy (non-hydrogen) atoms. The van der Waals surface area contributed by atoms with E-state index >= 15 is 0 Å². The number of ether oxygens (including phenoxy) is 2. The van der Waals surface area contributed by atoms with Crippen molar-refractivity contribution in [2.75, 3.05) is 20.7 Å². The zero-order valence-electron chi connectivity index (χ0n) is 18.2. The first-order chi connectivity index (χ1) is 15.6. The second-order valence-electron chi connectivity index (χ2n) is 9.62. The number of benzene rings is 2. The van der Waals surface area contributed by atoms with Gasteiger partial charge in [-0.2, -0.15) is 0 Å². The first-order valence-electron chi connectivity index (χ1n) is 11.3. The average Bonchev–Trinajstić information content (AvgIpc) is 3.17. The zero-order valence-corrected chi connectivity index (χ0v) is 18.2. The molecule has 6 nitrogen and oxygen atoms in total. The van der Waals surface area contributed by atoms with Crippen LogP contribution in [0.25, 0.3) is 11.4 Å². The highest BCUT2D eigenvalue weighted by Crippen LogP contribution is 2.68. The molecular formula is C26H25N3O3. The summed E-state index contributed by atoms with van der Waals surface area (Å²) in [6, 6.07) is 14.2. The molecule has 1 aromatic heterocycles. The van der Waals surface area contributed by atoms with Crippen molar-refractivity contribution in [3.63, 3.8) is 0 Å². The van der Waals surface area contributed by atoms with Gasteiger partial charge < -0.3 is 19.5 Å². The van der Waals surface area contributed by atoms with Crippen molar-refractivity contribution in [3.05, 3.63) is 71.0 Å². The summed E-state index contributed by atoms with van der Waals surface area (Å²) in [6.07, 6.45) is 3.68. The maximum Gasteiger partial charge on any atom is 0.166 e. The second-order valence-corrected chi connectivity index (χ2v) is 9.62. The Morgan fingerprint density at radius 1 is 1.16 bits per heavy atom. The van der Waals surface area contributed by atoms with E-state index in [1.165, 1.54) is 5.56 Å². The van der Waals surface area contributed by atoms with Crippen LogP contribution in [0, 0.1) is 0 Å². The van der Waals surface area contributed by atoms with Crippen molar-refractivity contribution >= 4 is 0 Å². The Kier molecular flexibility index (Phi) is 3.54. The topological polar surface area (TPSA) is 67.7 Å². The lowest BCUT2D eigenvalue weighted by Crippen LogP contribution is -2.74. The van der Waals surface area contributed by atoms with E-state index in [4.69, 9.17) is 14.5 Å². The lowest BCUT2D eigenvalue weighted by Gasteiger charge is -2.62. The summed E-state index contributed by atoms with van der Waals surface area (Å²) in [5.41, 5.74) is 3.77. The molecule has 4 aliphatic rings. The highest BCUT2D eigenvalue weighted by molar-refractivity contribution is 5.65. The largest absolute Gasteiger partial charge is 0.493 e. The summed E-state index contributed by atoms with van der Waals surface area (Å²) in [7, 11) is 3.80. The first kappa shape index (κ1) is 18.6. The van der Waals surface area contributed by atoms with Gasteiger partial charge in [-0.25, -0.2) is 9.97 Å². The second kappa shape index (κ2) is 6.09. The van der Waals surface area contributed by atoms with Crippen LogP contribution in [0.3, 0.4) is 0 Å². The number of rotatable bonds is 2. The molecule has 3 heterocycles. The predicted octanol–water partition coefficient (Wildman–Crippen LogP) is 3.07. The van der Waals surface area contributed by atoms with Crippen molar-refractivity contribution in [2.45, 2.75) is 42.4 Å². The molecule has 2 aliphatic heterocycles. The van der Waals surface area contributed by atoms with Gasteiger partial charge in [0.25, 0.3) is 0 Å². The van der Waals surface area contributed by atoms with Crippen molar-refractivity contribution < 1.29 is 14.6 Å². The van der Waals surface area contributed by atoms with E-state index in [2.05, 4.69) is 23.0 Å². The van der Waals surface area contributed by atoms with E-state index < -0.39 is 11.0 Å². The van der Waals surface area contributed by atoms with Gasteiger partial charge in [0.15, 0.2) is 23.4 Å². The van der Waals surface area contributed by atoms with Crippen molar-refractivity contribution in [1.29, 1.82) is 0 Å². The molecule has 1 fully saturated rings. The van der Waals surface area contributed by atoms with Gasteiger partial charge in [-0.1, -0.05) is 36.4 Å². The van der Waals surface area contributed by atoms with E-state index in [0.717, 1.165) is 53.3 Å². The number of likely N-dealkylation sites (N-methyl/N-ethyl adjacent to an activating group) is 1. The van der Waals surface area contributed by atoms with Gasteiger partial charge in [-0.05, 0) is 43.6 Å². The van der Waals surface area contributed by atoms with Crippen LogP contribution in [-0.4, -0.2) is 52.3 Å². The third-order valence-electron chi connectivity index (χ3n) is 8.32. The van der Waals surface area contributed by atoms with Gasteiger partial charge in [0.2, 0.25) is 0 Å². The lowest BCUT2D eigenvalue weighted by atomic mass is 9.49. The molecule has 0 saturated carbocycles. The lowest BCUT2D eigenvalue weighted by molar-refractivity contribution is -0.168. The standard InChI is InChI=1S/C26H25N3O3/c1-29-11-10-25-20-16-8-9-18(31-2)22(20)32-23(25)21-17(13-26(25,30)19(29)12-16)14-27-24(28-21)15-6-4-3-5-7-15/h3-9,14,19,23,30H,10-13H2,1-2H3/t19-,23+,25+,26-/m1/s1. The molecule has 0 amide bonds. The summed E-state index contributed by atoms with van der Waals surface area (Å²) >= 11 is 0. The smallest absolute Gasteiger partial charge is 0.166 e. The van der Waals surface area contributed by atoms with Crippen LogP contribution in [0.1, 0.15) is 34.9 Å². The molecule has 3 aromatic rings.